The highest BCUT2D eigenvalue weighted by molar-refractivity contribution is 5.80. The molecule has 1 N–H and O–H groups in total. The van der Waals surface area contributed by atoms with Gasteiger partial charge in [-0.1, -0.05) is 18.2 Å². The summed E-state index contributed by atoms with van der Waals surface area (Å²) in [6, 6.07) is 7.80. The molecule has 2 amide bonds. The summed E-state index contributed by atoms with van der Waals surface area (Å²) in [6.45, 7) is 1.99. The second-order valence-corrected chi connectivity index (χ2v) is 6.19. The molecule has 0 atom stereocenters. The van der Waals surface area contributed by atoms with Crippen LogP contribution < -0.4 is 5.32 Å². The number of aromatic nitrogens is 2. The van der Waals surface area contributed by atoms with Gasteiger partial charge in [-0.15, -0.1) is 0 Å². The van der Waals surface area contributed by atoms with Crippen molar-refractivity contribution in [1.29, 1.82) is 0 Å². The zero-order valence-corrected chi connectivity index (χ0v) is 12.7. The number of fused-ring (bicyclic) bond motifs is 1. The molecule has 2 fully saturated rings. The summed E-state index contributed by atoms with van der Waals surface area (Å²) in [5.74, 6) is 0.0462. The monoisotopic (exact) mass is 314 g/mol. The molecule has 1 spiro atoms. The van der Waals surface area contributed by atoms with Crippen LogP contribution in [-0.4, -0.2) is 51.9 Å². The quantitative estimate of drug-likeness (QED) is 0.902. The normalized spacial score (nSPS) is 19.8. The minimum Gasteiger partial charge on any atom is -0.441 e. The van der Waals surface area contributed by atoms with Gasteiger partial charge in [0.25, 0.3) is 0 Å². The van der Waals surface area contributed by atoms with Gasteiger partial charge in [-0.05, 0) is 6.07 Å². The molecule has 1 aromatic heterocycles. The fourth-order valence-corrected chi connectivity index (χ4v) is 3.28. The summed E-state index contributed by atoms with van der Waals surface area (Å²) in [7, 11) is 0. The average Bonchev–Trinajstić information content (AvgIpc) is 3.11. The van der Waals surface area contributed by atoms with Crippen molar-refractivity contribution in [2.24, 2.45) is 0 Å². The van der Waals surface area contributed by atoms with Crippen LogP contribution >= 0.6 is 0 Å². The summed E-state index contributed by atoms with van der Waals surface area (Å²) in [4.78, 5) is 25.5. The third-order valence-electron chi connectivity index (χ3n) is 4.65. The number of hydrogen-bond donors (Lipinski definition) is 1. The third-order valence-corrected chi connectivity index (χ3v) is 4.65. The Labute approximate surface area is 133 Å². The number of amides is 2. The fourth-order valence-electron chi connectivity index (χ4n) is 3.28. The van der Waals surface area contributed by atoms with E-state index in [1.165, 1.54) is 0 Å². The van der Waals surface area contributed by atoms with Gasteiger partial charge >= 0.3 is 6.09 Å². The number of carbonyl (C=O) groups excluding carboxylic acids is 2. The molecule has 2 saturated heterocycles. The average molecular weight is 314 g/mol. The van der Waals surface area contributed by atoms with E-state index in [9.17, 15) is 9.59 Å². The molecule has 2 aliphatic rings. The maximum Gasteiger partial charge on any atom is 0.407 e. The molecule has 0 unspecified atom stereocenters. The van der Waals surface area contributed by atoms with Gasteiger partial charge in [-0.3, -0.25) is 9.48 Å². The van der Waals surface area contributed by atoms with Gasteiger partial charge < -0.3 is 15.0 Å². The Morgan fingerprint density at radius 2 is 2.09 bits per heavy atom. The van der Waals surface area contributed by atoms with Gasteiger partial charge in [-0.25, -0.2) is 4.79 Å². The Balaban J connectivity index is 1.39. The van der Waals surface area contributed by atoms with Crippen LogP contribution in [0.5, 0.6) is 0 Å². The molecule has 7 heteroatoms. The summed E-state index contributed by atoms with van der Waals surface area (Å²) in [5, 5.41) is 8.15. The predicted octanol–water partition coefficient (Wildman–Crippen LogP) is 1.14. The van der Waals surface area contributed by atoms with Crippen LogP contribution in [0.25, 0.3) is 10.9 Å². The van der Waals surface area contributed by atoms with Crippen LogP contribution in [0.4, 0.5) is 4.79 Å². The van der Waals surface area contributed by atoms with Crippen molar-refractivity contribution < 1.29 is 14.3 Å². The van der Waals surface area contributed by atoms with E-state index < -0.39 is 5.60 Å². The molecule has 0 aliphatic carbocycles. The van der Waals surface area contributed by atoms with E-state index in [1.807, 2.05) is 35.4 Å². The topological polar surface area (TPSA) is 76.5 Å². The molecule has 1 aromatic carbocycles. The van der Waals surface area contributed by atoms with Gasteiger partial charge in [0.1, 0.15) is 12.1 Å². The Morgan fingerprint density at radius 3 is 2.78 bits per heavy atom. The number of benzene rings is 1. The molecule has 0 radical (unpaired) electrons. The second kappa shape index (κ2) is 5.26. The highest BCUT2D eigenvalue weighted by Gasteiger charge is 2.43. The number of nitrogens with one attached hydrogen (secondary N) is 1. The number of alkyl carbamates (subject to hydrolysis) is 1. The predicted molar refractivity (Wildman–Crippen MR) is 82.8 cm³/mol. The summed E-state index contributed by atoms with van der Waals surface area (Å²) >= 11 is 0. The van der Waals surface area contributed by atoms with Crippen molar-refractivity contribution in [1.82, 2.24) is 20.0 Å². The van der Waals surface area contributed by atoms with Gasteiger partial charge in [0, 0.05) is 37.5 Å². The highest BCUT2D eigenvalue weighted by Crippen LogP contribution is 2.29. The Morgan fingerprint density at radius 1 is 1.30 bits per heavy atom. The maximum atomic E-state index is 12.5. The summed E-state index contributed by atoms with van der Waals surface area (Å²) in [6.07, 6.45) is 2.89. The number of carbonyl (C=O) groups is 2. The number of piperidine rings is 1. The molecule has 0 bridgehead atoms. The summed E-state index contributed by atoms with van der Waals surface area (Å²) < 4.78 is 7.06. The molecule has 2 aromatic rings. The van der Waals surface area contributed by atoms with Crippen LogP contribution in [0.2, 0.25) is 0 Å². The van der Waals surface area contributed by atoms with Crippen molar-refractivity contribution in [3.63, 3.8) is 0 Å². The van der Waals surface area contributed by atoms with E-state index in [1.54, 1.807) is 4.68 Å². The van der Waals surface area contributed by atoms with Crippen LogP contribution in [0.1, 0.15) is 12.8 Å². The lowest BCUT2D eigenvalue weighted by Crippen LogP contribution is -2.49. The van der Waals surface area contributed by atoms with Crippen LogP contribution in [0.3, 0.4) is 0 Å². The van der Waals surface area contributed by atoms with Crippen LogP contribution in [0, 0.1) is 0 Å². The first-order valence-corrected chi connectivity index (χ1v) is 7.80. The molecule has 7 nitrogen and oxygen atoms in total. The molecule has 23 heavy (non-hydrogen) atoms. The van der Waals surface area contributed by atoms with E-state index in [0.29, 0.717) is 32.5 Å². The lowest BCUT2D eigenvalue weighted by atomic mass is 9.91. The van der Waals surface area contributed by atoms with Crippen molar-refractivity contribution in [3.8, 4) is 0 Å². The standard InChI is InChI=1S/C16H18N4O3/c21-14(10-20-9-12-3-1-2-4-13(12)18-20)19-7-5-16(6-8-19)11-17-15(22)23-16/h1-4,9H,5-8,10-11H2,(H,17,22). The lowest BCUT2D eigenvalue weighted by molar-refractivity contribution is -0.135. The Hall–Kier alpha value is -2.57. The minimum absolute atomic E-state index is 0.0462. The summed E-state index contributed by atoms with van der Waals surface area (Å²) in [5.41, 5.74) is 0.468. The molecule has 3 heterocycles. The van der Waals surface area contributed by atoms with Crippen molar-refractivity contribution in [3.05, 3.63) is 30.5 Å². The molecular formula is C16H18N4O3. The van der Waals surface area contributed by atoms with Gasteiger partial charge in [0.05, 0.1) is 12.1 Å². The zero-order valence-electron chi connectivity index (χ0n) is 12.7. The van der Waals surface area contributed by atoms with E-state index >= 15 is 0 Å². The molecular weight excluding hydrogens is 296 g/mol. The minimum atomic E-state index is -0.422. The Bertz CT molecular complexity index is 729. The number of hydrogen-bond acceptors (Lipinski definition) is 4. The van der Waals surface area contributed by atoms with Crippen LogP contribution in [0.15, 0.2) is 30.5 Å². The first kappa shape index (κ1) is 14.0. The second-order valence-electron chi connectivity index (χ2n) is 6.19. The van der Waals surface area contributed by atoms with Crippen LogP contribution in [-0.2, 0) is 16.1 Å². The molecule has 0 saturated carbocycles. The van der Waals surface area contributed by atoms with E-state index in [2.05, 4.69) is 10.4 Å². The van der Waals surface area contributed by atoms with E-state index in [-0.39, 0.29) is 18.5 Å². The van der Waals surface area contributed by atoms with Gasteiger partial charge in [-0.2, -0.15) is 5.10 Å². The molecule has 2 aliphatic heterocycles. The number of rotatable bonds is 2. The zero-order chi connectivity index (χ0) is 15.9. The number of ether oxygens (including phenoxy) is 1. The Kier molecular flexibility index (Phi) is 3.21. The highest BCUT2D eigenvalue weighted by atomic mass is 16.6. The van der Waals surface area contributed by atoms with Crippen molar-refractivity contribution >= 4 is 22.9 Å². The largest absolute Gasteiger partial charge is 0.441 e. The van der Waals surface area contributed by atoms with Gasteiger partial charge in [0.2, 0.25) is 5.91 Å². The van der Waals surface area contributed by atoms with E-state index in [0.717, 1.165) is 10.9 Å². The van der Waals surface area contributed by atoms with Gasteiger partial charge in [0.15, 0.2) is 0 Å². The fraction of sp³-hybridized carbons (Fsp3) is 0.438. The number of nitrogens with zero attached hydrogens (tertiary/aromatic N) is 3. The van der Waals surface area contributed by atoms with E-state index in [4.69, 9.17) is 4.74 Å². The SMILES string of the molecule is O=C1NCC2(CCN(C(=O)Cn3cc4ccccc4n3)CC2)O1. The third kappa shape index (κ3) is 2.62. The first-order valence-electron chi connectivity index (χ1n) is 7.80. The molecule has 120 valence electrons. The lowest BCUT2D eigenvalue weighted by Gasteiger charge is -2.37. The molecule has 4 rings (SSSR count). The maximum absolute atomic E-state index is 12.5. The van der Waals surface area contributed by atoms with Crippen molar-refractivity contribution in [2.75, 3.05) is 19.6 Å². The van der Waals surface area contributed by atoms with Crippen molar-refractivity contribution in [2.45, 2.75) is 25.0 Å². The number of likely N-dealkylation sites (tertiary alicyclic amines) is 1. The smallest absolute Gasteiger partial charge is 0.407 e. The first-order chi connectivity index (χ1) is 11.1.